The predicted molar refractivity (Wildman–Crippen MR) is 108 cm³/mol. The Balaban J connectivity index is 1.78. The number of rotatable bonds is 4. The molecule has 1 saturated heterocycles. The van der Waals surface area contributed by atoms with Crippen LogP contribution in [0.3, 0.4) is 0 Å². The highest BCUT2D eigenvalue weighted by atomic mass is 35.5. The van der Waals surface area contributed by atoms with Crippen LogP contribution in [-0.2, 0) is 0 Å². The van der Waals surface area contributed by atoms with Gasteiger partial charge in [0.2, 0.25) is 0 Å². The molecule has 0 atom stereocenters. The van der Waals surface area contributed by atoms with E-state index in [0.29, 0.717) is 22.3 Å². The summed E-state index contributed by atoms with van der Waals surface area (Å²) in [7, 11) is 3.25. The summed E-state index contributed by atoms with van der Waals surface area (Å²) in [5, 5.41) is 4.88. The zero-order valence-electron chi connectivity index (χ0n) is 15.3. The number of anilines is 1. The van der Waals surface area contributed by atoms with Crippen molar-refractivity contribution in [3.8, 4) is 22.9 Å². The number of piperazine rings is 1. The van der Waals surface area contributed by atoms with E-state index in [-0.39, 0.29) is 0 Å². The van der Waals surface area contributed by atoms with E-state index in [2.05, 4.69) is 21.3 Å². The molecule has 6 nitrogen and oxygen atoms in total. The number of methoxy groups -OCH3 is 2. The smallest absolute Gasteiger partial charge is 0.159 e. The van der Waals surface area contributed by atoms with Crippen molar-refractivity contribution in [2.24, 2.45) is 0 Å². The minimum atomic E-state index is 0.622. The number of fused-ring (bicyclic) bond motifs is 1. The Morgan fingerprint density at radius 3 is 2.59 bits per heavy atom. The highest BCUT2D eigenvalue weighted by molar-refractivity contribution is 6.31. The van der Waals surface area contributed by atoms with Gasteiger partial charge < -0.3 is 19.7 Å². The van der Waals surface area contributed by atoms with Crippen molar-refractivity contribution < 1.29 is 9.47 Å². The molecule has 0 radical (unpaired) electrons. The van der Waals surface area contributed by atoms with E-state index >= 15 is 0 Å². The molecule has 2 aromatic carbocycles. The minimum Gasteiger partial charge on any atom is -0.497 e. The fraction of sp³-hybridized carbons (Fsp3) is 0.300. The van der Waals surface area contributed by atoms with Crippen molar-refractivity contribution in [2.45, 2.75) is 0 Å². The lowest BCUT2D eigenvalue weighted by Gasteiger charge is -2.29. The molecule has 140 valence electrons. The quantitative estimate of drug-likeness (QED) is 0.744. The average Bonchev–Trinajstić information content (AvgIpc) is 2.72. The number of hydrogen-bond donors (Lipinski definition) is 1. The lowest BCUT2D eigenvalue weighted by molar-refractivity contribution is 0.397. The van der Waals surface area contributed by atoms with Crippen molar-refractivity contribution in [1.29, 1.82) is 0 Å². The van der Waals surface area contributed by atoms with Crippen molar-refractivity contribution in [3.63, 3.8) is 0 Å². The zero-order chi connectivity index (χ0) is 18.8. The normalized spacial score (nSPS) is 14.4. The number of halogens is 1. The van der Waals surface area contributed by atoms with E-state index in [9.17, 15) is 0 Å². The van der Waals surface area contributed by atoms with Gasteiger partial charge >= 0.3 is 0 Å². The van der Waals surface area contributed by atoms with Gasteiger partial charge in [-0.15, -0.1) is 0 Å². The van der Waals surface area contributed by atoms with Crippen LogP contribution < -0.4 is 19.7 Å². The van der Waals surface area contributed by atoms with Gasteiger partial charge in [-0.2, -0.15) is 0 Å². The van der Waals surface area contributed by atoms with Gasteiger partial charge in [-0.3, -0.25) is 0 Å². The summed E-state index contributed by atoms with van der Waals surface area (Å²) in [6.45, 7) is 3.83. The van der Waals surface area contributed by atoms with Crippen LogP contribution >= 0.6 is 11.6 Å². The zero-order valence-corrected chi connectivity index (χ0v) is 16.1. The molecule has 4 rings (SSSR count). The van der Waals surface area contributed by atoms with E-state index in [4.69, 9.17) is 26.1 Å². The molecule has 0 saturated carbocycles. The highest BCUT2D eigenvalue weighted by Gasteiger charge is 2.14. The molecule has 1 N–H and O–H groups in total. The second-order valence-corrected chi connectivity index (χ2v) is 6.83. The Morgan fingerprint density at radius 2 is 1.85 bits per heavy atom. The van der Waals surface area contributed by atoms with Gasteiger partial charge in [0.1, 0.15) is 11.5 Å². The summed E-state index contributed by atoms with van der Waals surface area (Å²) in [4.78, 5) is 11.6. The monoisotopic (exact) mass is 384 g/mol. The van der Waals surface area contributed by atoms with Gasteiger partial charge in [-0.05, 0) is 18.2 Å². The van der Waals surface area contributed by atoms with Gasteiger partial charge in [-0.1, -0.05) is 11.6 Å². The van der Waals surface area contributed by atoms with Crippen LogP contribution in [0.25, 0.3) is 22.3 Å². The summed E-state index contributed by atoms with van der Waals surface area (Å²) in [5.74, 6) is 2.00. The number of nitrogens with one attached hydrogen (secondary N) is 1. The summed E-state index contributed by atoms with van der Waals surface area (Å²) in [5.41, 5.74) is 2.74. The number of benzene rings is 2. The second-order valence-electron chi connectivity index (χ2n) is 6.39. The topological polar surface area (TPSA) is 59.5 Å². The molecular formula is C20H21ClN4O2. The number of nitrogens with zero attached hydrogens (tertiary/aromatic N) is 3. The first kappa shape index (κ1) is 17.8. The molecule has 1 fully saturated rings. The third-order valence-corrected chi connectivity index (χ3v) is 4.93. The maximum atomic E-state index is 6.39. The van der Waals surface area contributed by atoms with E-state index in [1.165, 1.54) is 0 Å². The minimum absolute atomic E-state index is 0.622. The molecule has 1 aromatic heterocycles. The average molecular weight is 385 g/mol. The van der Waals surface area contributed by atoms with E-state index in [0.717, 1.165) is 48.3 Å². The van der Waals surface area contributed by atoms with Crippen LogP contribution in [0.1, 0.15) is 0 Å². The molecular weight excluding hydrogens is 364 g/mol. The molecule has 1 aliphatic heterocycles. The maximum Gasteiger partial charge on any atom is 0.159 e. The molecule has 3 aromatic rings. The van der Waals surface area contributed by atoms with Gasteiger partial charge in [0.25, 0.3) is 0 Å². The van der Waals surface area contributed by atoms with Crippen LogP contribution in [-0.4, -0.2) is 50.4 Å². The van der Waals surface area contributed by atoms with E-state index in [1.54, 1.807) is 20.4 Å². The Bertz CT molecular complexity index is 974. The van der Waals surface area contributed by atoms with Crippen molar-refractivity contribution >= 4 is 28.2 Å². The molecule has 27 heavy (non-hydrogen) atoms. The molecule has 0 spiro atoms. The van der Waals surface area contributed by atoms with Crippen LogP contribution in [0.15, 0.2) is 36.5 Å². The summed E-state index contributed by atoms with van der Waals surface area (Å²) < 4.78 is 10.8. The highest BCUT2D eigenvalue weighted by Crippen LogP contribution is 2.32. The molecule has 2 heterocycles. The third kappa shape index (κ3) is 3.63. The molecule has 0 bridgehead atoms. The fourth-order valence-corrected chi connectivity index (χ4v) is 3.54. The molecule has 7 heteroatoms. The fourth-order valence-electron chi connectivity index (χ4n) is 3.31. The molecule has 0 aliphatic carbocycles. The first-order chi connectivity index (χ1) is 13.2. The van der Waals surface area contributed by atoms with Crippen LogP contribution in [0, 0.1) is 0 Å². The van der Waals surface area contributed by atoms with Crippen LogP contribution in [0.2, 0.25) is 5.02 Å². The first-order valence-corrected chi connectivity index (χ1v) is 9.21. The van der Waals surface area contributed by atoms with Gasteiger partial charge in [-0.25, -0.2) is 9.97 Å². The van der Waals surface area contributed by atoms with Gasteiger partial charge in [0.05, 0.1) is 25.1 Å². The third-order valence-electron chi connectivity index (χ3n) is 4.71. The standard InChI is InChI=1S/C20H21ClN4O2/c1-26-16-10-18-17(19(11-16)27-2)12-23-20(24-18)13-7-14(21)9-15(8-13)25-5-3-22-4-6-25/h7-12,22H,3-6H2,1-2H3. The van der Waals surface area contributed by atoms with E-state index in [1.807, 2.05) is 24.3 Å². The predicted octanol–water partition coefficient (Wildman–Crippen LogP) is 3.38. The Morgan fingerprint density at radius 1 is 1.04 bits per heavy atom. The number of aromatic nitrogens is 2. The van der Waals surface area contributed by atoms with Crippen LogP contribution in [0.5, 0.6) is 11.5 Å². The summed E-state index contributed by atoms with van der Waals surface area (Å²) >= 11 is 6.39. The maximum absolute atomic E-state index is 6.39. The second kappa shape index (κ2) is 7.58. The summed E-state index contributed by atoms with van der Waals surface area (Å²) in [6, 6.07) is 9.68. The Labute approximate surface area is 163 Å². The van der Waals surface area contributed by atoms with E-state index < -0.39 is 0 Å². The Hall–Kier alpha value is -2.57. The molecule has 0 unspecified atom stereocenters. The van der Waals surface area contributed by atoms with Gasteiger partial charge in [0, 0.05) is 60.8 Å². The molecule has 1 aliphatic rings. The Kier molecular flexibility index (Phi) is 5.01. The number of ether oxygens (including phenoxy) is 2. The lowest BCUT2D eigenvalue weighted by Crippen LogP contribution is -2.43. The molecule has 0 amide bonds. The van der Waals surface area contributed by atoms with Crippen molar-refractivity contribution in [2.75, 3.05) is 45.3 Å². The van der Waals surface area contributed by atoms with Gasteiger partial charge in [0.15, 0.2) is 5.82 Å². The van der Waals surface area contributed by atoms with Crippen molar-refractivity contribution in [3.05, 3.63) is 41.6 Å². The van der Waals surface area contributed by atoms with Crippen LogP contribution in [0.4, 0.5) is 5.69 Å². The first-order valence-electron chi connectivity index (χ1n) is 8.83. The SMILES string of the molecule is COc1cc(OC)c2cnc(-c3cc(Cl)cc(N4CCNCC4)c3)nc2c1. The summed E-state index contributed by atoms with van der Waals surface area (Å²) in [6.07, 6.45) is 1.78. The van der Waals surface area contributed by atoms with Crippen molar-refractivity contribution in [1.82, 2.24) is 15.3 Å². The largest absolute Gasteiger partial charge is 0.497 e. The number of hydrogen-bond acceptors (Lipinski definition) is 6. The lowest BCUT2D eigenvalue weighted by atomic mass is 10.1.